The third-order valence-electron chi connectivity index (χ3n) is 2.50. The average Bonchev–Trinajstić information content (AvgIpc) is 2.34. The molecular weight excluding hydrogens is 238 g/mol. The van der Waals surface area contributed by atoms with Gasteiger partial charge in [0.1, 0.15) is 13.2 Å². The lowest BCUT2D eigenvalue weighted by atomic mass is 10.2. The van der Waals surface area contributed by atoms with Gasteiger partial charge in [0.05, 0.1) is 0 Å². The molecule has 17 heavy (non-hydrogen) atoms. The zero-order chi connectivity index (χ0) is 12.1. The summed E-state index contributed by atoms with van der Waals surface area (Å²) in [5.74, 6) is 2.31. The standard InChI is InChI=1S/C12H17NO3S/c1-17(14)7-4-13-9-10-2-3-11-12(8-10)16-6-5-15-11/h2-3,8,13H,4-7,9H2,1H3. The van der Waals surface area contributed by atoms with Crippen LogP contribution in [0.1, 0.15) is 5.56 Å². The van der Waals surface area contributed by atoms with E-state index in [4.69, 9.17) is 9.47 Å². The first-order chi connectivity index (χ1) is 8.25. The molecule has 0 bridgehead atoms. The van der Waals surface area contributed by atoms with E-state index >= 15 is 0 Å². The largest absolute Gasteiger partial charge is 0.486 e. The van der Waals surface area contributed by atoms with Crippen molar-refractivity contribution < 1.29 is 13.7 Å². The van der Waals surface area contributed by atoms with E-state index in [2.05, 4.69) is 5.32 Å². The Bertz CT molecular complexity index is 409. The van der Waals surface area contributed by atoms with Crippen molar-refractivity contribution in [2.24, 2.45) is 0 Å². The van der Waals surface area contributed by atoms with Crippen LogP contribution in [0.5, 0.6) is 11.5 Å². The molecular formula is C12H17NO3S. The highest BCUT2D eigenvalue weighted by Crippen LogP contribution is 2.30. The maximum absolute atomic E-state index is 10.9. The highest BCUT2D eigenvalue weighted by Gasteiger charge is 2.11. The number of hydrogen-bond acceptors (Lipinski definition) is 4. The molecule has 0 radical (unpaired) electrons. The third-order valence-corrected chi connectivity index (χ3v) is 3.28. The summed E-state index contributed by atoms with van der Waals surface area (Å²) in [5, 5.41) is 3.25. The van der Waals surface area contributed by atoms with E-state index in [1.165, 1.54) is 0 Å². The minimum atomic E-state index is -0.733. The van der Waals surface area contributed by atoms with Crippen LogP contribution in [0.25, 0.3) is 0 Å². The van der Waals surface area contributed by atoms with Crippen molar-refractivity contribution in [1.82, 2.24) is 5.32 Å². The Kier molecular flexibility index (Phi) is 4.39. The zero-order valence-electron chi connectivity index (χ0n) is 9.90. The lowest BCUT2D eigenvalue weighted by Gasteiger charge is -2.18. The average molecular weight is 255 g/mol. The van der Waals surface area contributed by atoms with Crippen LogP contribution in [-0.2, 0) is 17.3 Å². The first-order valence-corrected chi connectivity index (χ1v) is 7.38. The van der Waals surface area contributed by atoms with E-state index in [0.29, 0.717) is 19.0 Å². The molecule has 0 spiro atoms. The molecule has 1 aliphatic rings. The normalized spacial score (nSPS) is 15.6. The van der Waals surface area contributed by atoms with Gasteiger partial charge in [0.15, 0.2) is 11.5 Å². The SMILES string of the molecule is CS(=O)CCNCc1ccc2c(c1)OCCO2. The van der Waals surface area contributed by atoms with Crippen molar-refractivity contribution in [2.75, 3.05) is 31.8 Å². The summed E-state index contributed by atoms with van der Waals surface area (Å²) >= 11 is 0. The summed E-state index contributed by atoms with van der Waals surface area (Å²) in [4.78, 5) is 0. The number of rotatable bonds is 5. The molecule has 1 atom stereocenters. The quantitative estimate of drug-likeness (QED) is 0.795. The molecule has 1 aliphatic heterocycles. The summed E-state index contributed by atoms with van der Waals surface area (Å²) in [7, 11) is -0.733. The summed E-state index contributed by atoms with van der Waals surface area (Å²) in [6.07, 6.45) is 1.71. The van der Waals surface area contributed by atoms with Crippen molar-refractivity contribution in [3.63, 3.8) is 0 Å². The molecule has 0 saturated carbocycles. The number of ether oxygens (including phenoxy) is 2. The molecule has 2 rings (SSSR count). The summed E-state index contributed by atoms with van der Waals surface area (Å²) in [6.45, 7) is 2.75. The van der Waals surface area contributed by atoms with Crippen LogP contribution >= 0.6 is 0 Å². The second kappa shape index (κ2) is 6.02. The summed E-state index contributed by atoms with van der Waals surface area (Å²) in [6, 6.07) is 5.94. The van der Waals surface area contributed by atoms with Gasteiger partial charge in [-0.05, 0) is 17.7 Å². The first-order valence-electron chi connectivity index (χ1n) is 5.65. The van der Waals surface area contributed by atoms with Gasteiger partial charge in [-0.25, -0.2) is 0 Å². The van der Waals surface area contributed by atoms with E-state index in [9.17, 15) is 4.21 Å². The van der Waals surface area contributed by atoms with Crippen molar-refractivity contribution in [3.8, 4) is 11.5 Å². The minimum absolute atomic E-state index is 0.610. The molecule has 1 aromatic carbocycles. The van der Waals surface area contributed by atoms with Gasteiger partial charge in [0.25, 0.3) is 0 Å². The van der Waals surface area contributed by atoms with E-state index < -0.39 is 10.8 Å². The Morgan fingerprint density at radius 2 is 2.06 bits per heavy atom. The molecule has 0 amide bonds. The predicted octanol–water partition coefficient (Wildman–Crippen LogP) is 0.926. The molecule has 0 aliphatic carbocycles. The van der Waals surface area contributed by atoms with Crippen molar-refractivity contribution >= 4 is 10.8 Å². The minimum Gasteiger partial charge on any atom is -0.486 e. The molecule has 1 aromatic rings. The Morgan fingerprint density at radius 3 is 2.82 bits per heavy atom. The van der Waals surface area contributed by atoms with Gasteiger partial charge in [-0.2, -0.15) is 0 Å². The Labute approximate surface area is 104 Å². The van der Waals surface area contributed by atoms with Crippen LogP contribution < -0.4 is 14.8 Å². The van der Waals surface area contributed by atoms with Gasteiger partial charge in [0.2, 0.25) is 0 Å². The molecule has 1 N–H and O–H groups in total. The summed E-state index contributed by atoms with van der Waals surface area (Å²) < 4.78 is 21.8. The fourth-order valence-corrected chi connectivity index (χ4v) is 2.08. The zero-order valence-corrected chi connectivity index (χ0v) is 10.7. The highest BCUT2D eigenvalue weighted by atomic mass is 32.2. The van der Waals surface area contributed by atoms with Gasteiger partial charge >= 0.3 is 0 Å². The molecule has 0 fully saturated rings. The van der Waals surface area contributed by atoms with Gasteiger partial charge in [0, 0.05) is 35.9 Å². The van der Waals surface area contributed by atoms with Crippen LogP contribution in [0, 0.1) is 0 Å². The maximum Gasteiger partial charge on any atom is 0.161 e. The topological polar surface area (TPSA) is 47.6 Å². The lowest BCUT2D eigenvalue weighted by Crippen LogP contribution is -2.20. The van der Waals surface area contributed by atoms with E-state index in [-0.39, 0.29) is 0 Å². The number of fused-ring (bicyclic) bond motifs is 1. The van der Waals surface area contributed by atoms with E-state index in [0.717, 1.165) is 30.2 Å². The maximum atomic E-state index is 10.9. The smallest absolute Gasteiger partial charge is 0.161 e. The van der Waals surface area contributed by atoms with Crippen LogP contribution in [0.2, 0.25) is 0 Å². The van der Waals surface area contributed by atoms with Gasteiger partial charge in [-0.3, -0.25) is 4.21 Å². The second-order valence-electron chi connectivity index (χ2n) is 3.93. The fourth-order valence-electron chi connectivity index (χ4n) is 1.65. The van der Waals surface area contributed by atoms with Crippen LogP contribution in [0.3, 0.4) is 0 Å². The third kappa shape index (κ3) is 3.71. The predicted molar refractivity (Wildman–Crippen MR) is 68.1 cm³/mol. The van der Waals surface area contributed by atoms with Crippen LogP contribution in [-0.4, -0.2) is 36.0 Å². The fraction of sp³-hybridized carbons (Fsp3) is 0.500. The van der Waals surface area contributed by atoms with Crippen LogP contribution in [0.15, 0.2) is 18.2 Å². The Hall–Kier alpha value is -1.07. The van der Waals surface area contributed by atoms with Crippen LogP contribution in [0.4, 0.5) is 0 Å². The first kappa shape index (κ1) is 12.4. The molecule has 0 saturated heterocycles. The number of benzene rings is 1. The monoisotopic (exact) mass is 255 g/mol. The van der Waals surface area contributed by atoms with Crippen molar-refractivity contribution in [2.45, 2.75) is 6.54 Å². The molecule has 0 aromatic heterocycles. The van der Waals surface area contributed by atoms with Gasteiger partial charge in [-0.1, -0.05) is 6.07 Å². The Balaban J connectivity index is 1.86. The molecule has 94 valence electrons. The molecule has 5 heteroatoms. The van der Waals surface area contributed by atoms with Gasteiger partial charge < -0.3 is 14.8 Å². The van der Waals surface area contributed by atoms with E-state index in [1.54, 1.807) is 6.26 Å². The second-order valence-corrected chi connectivity index (χ2v) is 5.49. The molecule has 1 heterocycles. The Morgan fingerprint density at radius 1 is 1.29 bits per heavy atom. The van der Waals surface area contributed by atoms with E-state index in [1.807, 2.05) is 18.2 Å². The molecule has 4 nitrogen and oxygen atoms in total. The lowest BCUT2D eigenvalue weighted by molar-refractivity contribution is 0.171. The van der Waals surface area contributed by atoms with Crippen molar-refractivity contribution in [3.05, 3.63) is 23.8 Å². The van der Waals surface area contributed by atoms with Crippen molar-refractivity contribution in [1.29, 1.82) is 0 Å². The molecule has 1 unspecified atom stereocenters. The highest BCUT2D eigenvalue weighted by molar-refractivity contribution is 7.84. The summed E-state index contributed by atoms with van der Waals surface area (Å²) in [5.41, 5.74) is 1.15. The number of hydrogen-bond donors (Lipinski definition) is 1. The number of nitrogens with one attached hydrogen (secondary N) is 1. The van der Waals surface area contributed by atoms with Gasteiger partial charge in [-0.15, -0.1) is 0 Å².